The maximum absolute atomic E-state index is 13.0. The number of halogens is 2. The van der Waals surface area contributed by atoms with Crippen LogP contribution in [0.15, 0.2) is 57.9 Å². The van der Waals surface area contributed by atoms with E-state index < -0.39 is 29.6 Å². The Kier molecular flexibility index (Phi) is 11.5. The average molecular weight is 731 g/mol. The number of hydrogen-bond donors (Lipinski definition) is 2. The van der Waals surface area contributed by atoms with Crippen LogP contribution in [0.3, 0.4) is 0 Å². The van der Waals surface area contributed by atoms with E-state index in [1.54, 1.807) is 31.2 Å². The van der Waals surface area contributed by atoms with Crippen molar-refractivity contribution in [2.45, 2.75) is 20.8 Å². The summed E-state index contributed by atoms with van der Waals surface area (Å²) in [4.78, 5) is 63.9. The molecule has 1 heterocycles. The maximum Gasteiger partial charge on any atom is 0.339 e. The predicted molar refractivity (Wildman–Crippen MR) is 179 cm³/mol. The number of carbonyl (C=O) groups is 5. The molecule has 0 spiro atoms. The Balaban J connectivity index is 1.38. The lowest BCUT2D eigenvalue weighted by Crippen LogP contribution is -2.36. The summed E-state index contributed by atoms with van der Waals surface area (Å²) in [5, 5.41) is 4.92. The van der Waals surface area contributed by atoms with Gasteiger partial charge in [0.15, 0.2) is 18.1 Å². The summed E-state index contributed by atoms with van der Waals surface area (Å²) in [7, 11) is 1.43. The van der Waals surface area contributed by atoms with E-state index >= 15 is 0 Å². The Hall–Kier alpha value is -4.33. The van der Waals surface area contributed by atoms with E-state index in [4.69, 9.17) is 25.8 Å². The number of hydrogen-bond acceptors (Lipinski definition) is 9. The summed E-state index contributed by atoms with van der Waals surface area (Å²) in [5.41, 5.74) is 3.46. The Morgan fingerprint density at radius 2 is 1.74 bits per heavy atom. The lowest BCUT2D eigenvalue weighted by molar-refractivity contribution is -0.127. The van der Waals surface area contributed by atoms with E-state index in [2.05, 4.69) is 26.6 Å². The quantitative estimate of drug-likeness (QED) is 0.165. The van der Waals surface area contributed by atoms with Crippen molar-refractivity contribution < 1.29 is 38.2 Å². The summed E-state index contributed by atoms with van der Waals surface area (Å²) in [6, 6.07) is 12.7. The van der Waals surface area contributed by atoms with E-state index in [0.29, 0.717) is 34.5 Å². The van der Waals surface area contributed by atoms with Crippen molar-refractivity contribution in [2.75, 3.05) is 37.5 Å². The van der Waals surface area contributed by atoms with Gasteiger partial charge in [0.05, 0.1) is 29.2 Å². The third kappa shape index (κ3) is 8.27. The molecule has 1 aliphatic rings. The van der Waals surface area contributed by atoms with E-state index in [1.807, 2.05) is 19.9 Å². The van der Waals surface area contributed by atoms with E-state index in [-0.39, 0.29) is 40.3 Å². The van der Waals surface area contributed by atoms with Crippen LogP contribution in [0.25, 0.3) is 6.08 Å². The predicted octanol–water partition coefficient (Wildman–Crippen LogP) is 6.60. The number of nitrogens with zero attached hydrogens (tertiary/aromatic N) is 1. The summed E-state index contributed by atoms with van der Waals surface area (Å²) in [6.07, 6.45) is 1.49. The minimum atomic E-state index is -0.654. The molecule has 0 aliphatic carbocycles. The zero-order valence-electron chi connectivity index (χ0n) is 25.2. The Morgan fingerprint density at radius 3 is 2.46 bits per heavy atom. The molecule has 0 aromatic heterocycles. The van der Waals surface area contributed by atoms with Crippen molar-refractivity contribution in [2.24, 2.45) is 0 Å². The van der Waals surface area contributed by atoms with Gasteiger partial charge in [-0.05, 0) is 97.8 Å². The van der Waals surface area contributed by atoms with Crippen molar-refractivity contribution in [3.8, 4) is 11.5 Å². The number of carbonyl (C=O) groups excluding carboxylic acids is 5. The number of thioether (sulfide) groups is 1. The van der Waals surface area contributed by atoms with Gasteiger partial charge in [0.1, 0.15) is 6.54 Å². The van der Waals surface area contributed by atoms with Crippen LogP contribution in [0.4, 0.5) is 16.2 Å². The number of ether oxygens (including phenoxy) is 3. The summed E-state index contributed by atoms with van der Waals surface area (Å²) < 4.78 is 17.0. The van der Waals surface area contributed by atoms with Crippen molar-refractivity contribution in [3.63, 3.8) is 0 Å². The van der Waals surface area contributed by atoms with Crippen molar-refractivity contribution >= 4 is 85.7 Å². The zero-order chi connectivity index (χ0) is 33.5. The highest BCUT2D eigenvalue weighted by atomic mass is 79.9. The molecule has 1 aliphatic heterocycles. The normalized spacial score (nSPS) is 13.5. The second kappa shape index (κ2) is 15.3. The molecule has 0 radical (unpaired) electrons. The highest BCUT2D eigenvalue weighted by Gasteiger charge is 2.36. The lowest BCUT2D eigenvalue weighted by atomic mass is 10.1. The van der Waals surface area contributed by atoms with Crippen LogP contribution in [0.2, 0.25) is 5.02 Å². The highest BCUT2D eigenvalue weighted by Crippen LogP contribution is 2.35. The molecule has 14 heteroatoms. The molecule has 1 fully saturated rings. The van der Waals surface area contributed by atoms with E-state index in [9.17, 15) is 24.0 Å². The fourth-order valence-electron chi connectivity index (χ4n) is 4.25. The molecule has 0 saturated carbocycles. The van der Waals surface area contributed by atoms with Gasteiger partial charge in [0.25, 0.3) is 17.1 Å². The van der Waals surface area contributed by atoms with Crippen molar-refractivity contribution in [3.05, 3.63) is 85.2 Å². The van der Waals surface area contributed by atoms with Gasteiger partial charge < -0.3 is 24.8 Å². The van der Waals surface area contributed by atoms with Crippen LogP contribution >= 0.6 is 39.3 Å². The topological polar surface area (TPSA) is 140 Å². The molecule has 0 atom stereocenters. The first-order valence-corrected chi connectivity index (χ1v) is 15.8. The molecule has 4 rings (SSSR count). The lowest BCUT2D eigenvalue weighted by Gasteiger charge is -2.14. The zero-order valence-corrected chi connectivity index (χ0v) is 28.4. The first-order chi connectivity index (χ1) is 21.9. The smallest absolute Gasteiger partial charge is 0.339 e. The van der Waals surface area contributed by atoms with Crippen LogP contribution in [-0.4, -0.2) is 60.7 Å². The van der Waals surface area contributed by atoms with Gasteiger partial charge in [-0.1, -0.05) is 33.6 Å². The summed E-state index contributed by atoms with van der Waals surface area (Å²) in [6.45, 7) is 4.84. The van der Waals surface area contributed by atoms with Crippen LogP contribution in [-0.2, 0) is 19.1 Å². The molecular weight excluding hydrogens is 702 g/mol. The molecule has 3 aromatic rings. The number of esters is 1. The van der Waals surface area contributed by atoms with Gasteiger partial charge in [-0.15, -0.1) is 0 Å². The second-order valence-electron chi connectivity index (χ2n) is 9.82. The van der Waals surface area contributed by atoms with Gasteiger partial charge in [-0.25, -0.2) is 4.79 Å². The maximum atomic E-state index is 13.0. The molecule has 0 unspecified atom stereocenters. The van der Waals surface area contributed by atoms with Gasteiger partial charge in [-0.2, -0.15) is 0 Å². The Labute approximate surface area is 282 Å². The van der Waals surface area contributed by atoms with Gasteiger partial charge >= 0.3 is 5.97 Å². The van der Waals surface area contributed by atoms with E-state index in [1.165, 1.54) is 31.4 Å². The summed E-state index contributed by atoms with van der Waals surface area (Å²) in [5.74, 6) is -1.70. The van der Waals surface area contributed by atoms with Crippen LogP contribution in [0.5, 0.6) is 11.5 Å². The number of amides is 4. The van der Waals surface area contributed by atoms with Crippen LogP contribution in [0, 0.1) is 13.8 Å². The number of imide groups is 1. The fraction of sp³-hybridized carbons (Fsp3) is 0.219. The minimum Gasteiger partial charge on any atom is -0.493 e. The molecule has 3 aromatic carbocycles. The molecule has 4 amide bonds. The van der Waals surface area contributed by atoms with Gasteiger partial charge in [-0.3, -0.25) is 24.1 Å². The first-order valence-electron chi connectivity index (χ1n) is 13.8. The molecule has 11 nitrogen and oxygen atoms in total. The molecule has 0 bridgehead atoms. The van der Waals surface area contributed by atoms with Crippen LogP contribution in [0.1, 0.15) is 34.0 Å². The molecule has 2 N–H and O–H groups in total. The molecule has 46 heavy (non-hydrogen) atoms. The monoisotopic (exact) mass is 729 g/mol. The third-order valence-electron chi connectivity index (χ3n) is 6.76. The number of benzene rings is 3. The molecule has 240 valence electrons. The second-order valence-corrected chi connectivity index (χ2v) is 12.1. The molecular formula is C32H29BrClN3O8S. The summed E-state index contributed by atoms with van der Waals surface area (Å²) >= 11 is 10.2. The number of rotatable bonds is 11. The fourth-order valence-corrected chi connectivity index (χ4v) is 5.71. The number of anilines is 2. The standard InChI is InChI=1S/C32H29BrClN3O8S/c1-5-44-31(41)21-14-20(7-9-23(21)34)35-28(38)15-37-30(40)27(46-32(37)42)13-19-6-11-25(26(12-19)43-4)45-16-29(39)36-24-10-8-22(33)17(2)18(24)3/h6-14H,5,15-16H2,1-4H3,(H,35,38)(H,36,39)/b27-13+. The largest absolute Gasteiger partial charge is 0.493 e. The SMILES string of the molecule is CCOC(=O)c1cc(NC(=O)CN2C(=O)S/C(=C/c3ccc(OCC(=O)Nc4ccc(Br)c(C)c4C)c(OC)c3)C2=O)ccc1Cl. The van der Waals surface area contributed by atoms with E-state index in [0.717, 1.165) is 20.5 Å². The number of nitrogens with one attached hydrogen (secondary N) is 2. The van der Waals surface area contributed by atoms with Crippen LogP contribution < -0.4 is 20.1 Å². The highest BCUT2D eigenvalue weighted by molar-refractivity contribution is 9.10. The third-order valence-corrected chi connectivity index (χ3v) is 8.86. The Morgan fingerprint density at radius 1 is 0.978 bits per heavy atom. The van der Waals surface area contributed by atoms with Crippen molar-refractivity contribution in [1.29, 1.82) is 0 Å². The van der Waals surface area contributed by atoms with Gasteiger partial charge in [0, 0.05) is 15.8 Å². The average Bonchev–Trinajstić information content (AvgIpc) is 3.28. The Bertz CT molecular complexity index is 1760. The molecule has 1 saturated heterocycles. The van der Waals surface area contributed by atoms with Crippen molar-refractivity contribution in [1.82, 2.24) is 4.90 Å². The number of methoxy groups -OCH3 is 1. The van der Waals surface area contributed by atoms with Gasteiger partial charge in [0.2, 0.25) is 5.91 Å². The first kappa shape index (κ1) is 34.5. The minimum absolute atomic E-state index is 0.0661.